The van der Waals surface area contributed by atoms with Crippen LogP contribution in [0.25, 0.3) is 0 Å². The second kappa shape index (κ2) is 10.6. The third-order valence-electron chi connectivity index (χ3n) is 7.56. The molecule has 3 N–H and O–H groups in total. The highest BCUT2D eigenvalue weighted by Gasteiger charge is 2.40. The standard InChI is InChI=1S/C29H33F3N6O2/c1-17-16-38(13-12-33-17)19-9-11-22(24(14-19)40-4)37-27-34-15-20(29(30,31)32)21(36-27)10-8-18-6-5-7-23-25(18)28(2,3)26(39)35-23/h5-7,9,11,14-15,17,33H,8,10,12-13,16H2,1-4H3,(H,35,39)(H,34,36,37)/t17-/m1/s1. The third-order valence-corrected chi connectivity index (χ3v) is 7.56. The first kappa shape index (κ1) is 27.7. The van der Waals surface area contributed by atoms with E-state index in [4.69, 9.17) is 4.74 Å². The van der Waals surface area contributed by atoms with Crippen LogP contribution in [0.3, 0.4) is 0 Å². The summed E-state index contributed by atoms with van der Waals surface area (Å²) in [4.78, 5) is 23.0. The van der Waals surface area contributed by atoms with E-state index in [0.29, 0.717) is 23.2 Å². The van der Waals surface area contributed by atoms with Crippen molar-refractivity contribution in [2.24, 2.45) is 0 Å². The van der Waals surface area contributed by atoms with E-state index >= 15 is 0 Å². The summed E-state index contributed by atoms with van der Waals surface area (Å²) in [6, 6.07) is 11.5. The maximum absolute atomic E-state index is 13.9. The number of ether oxygens (including phenoxy) is 1. The molecule has 1 amide bonds. The SMILES string of the molecule is COc1cc(N2CCN[C@H](C)C2)ccc1Nc1ncc(C(F)(F)F)c(CCc2cccc3c2C(C)(C)C(=O)N3)n1. The number of halogens is 3. The second-order valence-electron chi connectivity index (χ2n) is 10.8. The summed E-state index contributed by atoms with van der Waals surface area (Å²) in [6.45, 7) is 8.34. The van der Waals surface area contributed by atoms with Crippen molar-refractivity contribution >= 4 is 28.9 Å². The Balaban J connectivity index is 1.41. The largest absolute Gasteiger partial charge is 0.494 e. The van der Waals surface area contributed by atoms with E-state index in [1.54, 1.807) is 19.2 Å². The molecule has 0 spiro atoms. The number of piperazine rings is 1. The number of aromatic nitrogens is 2. The van der Waals surface area contributed by atoms with Gasteiger partial charge in [0.25, 0.3) is 0 Å². The highest BCUT2D eigenvalue weighted by Crippen LogP contribution is 2.40. The molecule has 212 valence electrons. The van der Waals surface area contributed by atoms with Gasteiger partial charge in [-0.05, 0) is 62.9 Å². The van der Waals surface area contributed by atoms with Gasteiger partial charge in [-0.25, -0.2) is 9.97 Å². The lowest BCUT2D eigenvalue weighted by Gasteiger charge is -2.34. The fourth-order valence-corrected chi connectivity index (χ4v) is 5.47. The Bertz CT molecular complexity index is 1430. The number of hydrogen-bond acceptors (Lipinski definition) is 7. The Kier molecular flexibility index (Phi) is 7.34. The number of nitrogens with zero attached hydrogens (tertiary/aromatic N) is 3. The van der Waals surface area contributed by atoms with Gasteiger partial charge in [-0.15, -0.1) is 0 Å². The van der Waals surface area contributed by atoms with Gasteiger partial charge in [0.2, 0.25) is 11.9 Å². The highest BCUT2D eigenvalue weighted by molar-refractivity contribution is 6.06. The third kappa shape index (κ3) is 5.42. The van der Waals surface area contributed by atoms with Crippen molar-refractivity contribution in [2.45, 2.75) is 51.2 Å². The van der Waals surface area contributed by atoms with E-state index in [0.717, 1.165) is 42.6 Å². The molecular weight excluding hydrogens is 521 g/mol. The van der Waals surface area contributed by atoms with Crippen molar-refractivity contribution in [1.29, 1.82) is 0 Å². The monoisotopic (exact) mass is 554 g/mol. The predicted octanol–water partition coefficient (Wildman–Crippen LogP) is 5.06. The van der Waals surface area contributed by atoms with Gasteiger partial charge in [0, 0.05) is 49.3 Å². The molecule has 0 bridgehead atoms. The zero-order valence-corrected chi connectivity index (χ0v) is 22.9. The van der Waals surface area contributed by atoms with Gasteiger partial charge < -0.3 is 25.6 Å². The van der Waals surface area contributed by atoms with Gasteiger partial charge in [0.05, 0.1) is 29.5 Å². The minimum Gasteiger partial charge on any atom is -0.494 e. The van der Waals surface area contributed by atoms with Crippen LogP contribution in [0.1, 0.15) is 43.2 Å². The average Bonchev–Trinajstić information content (AvgIpc) is 3.15. The van der Waals surface area contributed by atoms with Crippen LogP contribution in [-0.4, -0.2) is 48.7 Å². The molecule has 1 fully saturated rings. The Hall–Kier alpha value is -3.86. The van der Waals surface area contributed by atoms with Gasteiger partial charge in [-0.3, -0.25) is 4.79 Å². The zero-order valence-electron chi connectivity index (χ0n) is 22.9. The molecule has 1 aromatic heterocycles. The molecule has 40 heavy (non-hydrogen) atoms. The molecular formula is C29H33F3N6O2. The van der Waals surface area contributed by atoms with Crippen LogP contribution in [-0.2, 0) is 29.2 Å². The molecule has 0 aliphatic carbocycles. The molecule has 2 aliphatic rings. The Labute approximate surface area is 231 Å². The summed E-state index contributed by atoms with van der Waals surface area (Å²) in [7, 11) is 1.54. The smallest absolute Gasteiger partial charge is 0.419 e. The summed E-state index contributed by atoms with van der Waals surface area (Å²) < 4.78 is 47.3. The number of rotatable bonds is 7. The van der Waals surface area contributed by atoms with Crippen LogP contribution in [0, 0.1) is 0 Å². The van der Waals surface area contributed by atoms with E-state index in [-0.39, 0.29) is 30.4 Å². The fraction of sp³-hybridized carbons (Fsp3) is 0.414. The van der Waals surface area contributed by atoms with Crippen LogP contribution < -0.4 is 25.6 Å². The molecule has 0 saturated carbocycles. The van der Waals surface area contributed by atoms with Gasteiger partial charge in [0.1, 0.15) is 5.75 Å². The van der Waals surface area contributed by atoms with E-state index in [1.165, 1.54) is 0 Å². The Morgan fingerprint density at radius 2 is 2.00 bits per heavy atom. The van der Waals surface area contributed by atoms with Gasteiger partial charge >= 0.3 is 6.18 Å². The van der Waals surface area contributed by atoms with Gasteiger partial charge in [-0.1, -0.05) is 12.1 Å². The summed E-state index contributed by atoms with van der Waals surface area (Å²) >= 11 is 0. The first-order valence-corrected chi connectivity index (χ1v) is 13.3. The predicted molar refractivity (Wildman–Crippen MR) is 148 cm³/mol. The maximum atomic E-state index is 13.9. The number of methoxy groups -OCH3 is 1. The number of anilines is 4. The van der Waals surface area contributed by atoms with Crippen molar-refractivity contribution in [1.82, 2.24) is 15.3 Å². The number of carbonyl (C=O) groups is 1. The summed E-state index contributed by atoms with van der Waals surface area (Å²) in [5.41, 5.74) is 2.08. The number of benzene rings is 2. The number of alkyl halides is 3. The van der Waals surface area contributed by atoms with Crippen molar-refractivity contribution in [3.63, 3.8) is 0 Å². The molecule has 3 heterocycles. The number of hydrogen-bond donors (Lipinski definition) is 3. The van der Waals surface area contributed by atoms with E-state index in [2.05, 4.69) is 37.7 Å². The van der Waals surface area contributed by atoms with Crippen LogP contribution in [0.15, 0.2) is 42.6 Å². The van der Waals surface area contributed by atoms with Gasteiger partial charge in [-0.2, -0.15) is 13.2 Å². The van der Waals surface area contributed by atoms with E-state index in [9.17, 15) is 18.0 Å². The summed E-state index contributed by atoms with van der Waals surface area (Å²) in [5, 5.41) is 9.32. The molecule has 0 unspecified atom stereocenters. The number of nitrogens with one attached hydrogen (secondary N) is 3. The quantitative estimate of drug-likeness (QED) is 0.376. The molecule has 1 saturated heterocycles. The Morgan fingerprint density at radius 1 is 1.20 bits per heavy atom. The van der Waals surface area contributed by atoms with Crippen LogP contribution in [0.5, 0.6) is 5.75 Å². The molecule has 2 aliphatic heterocycles. The molecule has 0 radical (unpaired) electrons. The minimum absolute atomic E-state index is 0.0179. The molecule has 2 aromatic carbocycles. The molecule has 1 atom stereocenters. The minimum atomic E-state index is -4.61. The van der Waals surface area contributed by atoms with Crippen molar-refractivity contribution in [3.8, 4) is 5.75 Å². The van der Waals surface area contributed by atoms with Gasteiger partial charge in [0.15, 0.2) is 0 Å². The van der Waals surface area contributed by atoms with Crippen molar-refractivity contribution in [2.75, 3.05) is 42.3 Å². The Morgan fingerprint density at radius 3 is 2.73 bits per heavy atom. The number of carbonyl (C=O) groups excluding carboxylic acids is 1. The first-order valence-electron chi connectivity index (χ1n) is 13.3. The van der Waals surface area contributed by atoms with Crippen molar-refractivity contribution in [3.05, 3.63) is 65.0 Å². The lowest BCUT2D eigenvalue weighted by atomic mass is 9.82. The fourth-order valence-electron chi connectivity index (χ4n) is 5.47. The molecule has 5 rings (SSSR count). The molecule has 11 heteroatoms. The average molecular weight is 555 g/mol. The summed E-state index contributed by atoms with van der Waals surface area (Å²) in [6.07, 6.45) is -3.49. The topological polar surface area (TPSA) is 91.4 Å². The highest BCUT2D eigenvalue weighted by atomic mass is 19.4. The number of aryl methyl sites for hydroxylation is 2. The van der Waals surface area contributed by atoms with Crippen molar-refractivity contribution < 1.29 is 22.7 Å². The van der Waals surface area contributed by atoms with E-state index < -0.39 is 17.2 Å². The number of amides is 1. The maximum Gasteiger partial charge on any atom is 0.419 e. The van der Waals surface area contributed by atoms with Crippen LogP contribution in [0.4, 0.5) is 36.2 Å². The lowest BCUT2D eigenvalue weighted by Crippen LogP contribution is -2.49. The normalized spacial score (nSPS) is 18.3. The van der Waals surface area contributed by atoms with Crippen LogP contribution in [0.2, 0.25) is 0 Å². The summed E-state index contributed by atoms with van der Waals surface area (Å²) in [5.74, 6) is 0.444. The molecule has 8 nitrogen and oxygen atoms in total. The van der Waals surface area contributed by atoms with Crippen LogP contribution >= 0.6 is 0 Å². The number of fused-ring (bicyclic) bond motifs is 1. The first-order chi connectivity index (χ1) is 19.0. The zero-order chi connectivity index (χ0) is 28.7. The van der Waals surface area contributed by atoms with E-state index in [1.807, 2.05) is 38.1 Å². The lowest BCUT2D eigenvalue weighted by molar-refractivity contribution is -0.138. The second-order valence-corrected chi connectivity index (χ2v) is 10.8. The molecule has 3 aromatic rings.